The first-order chi connectivity index (χ1) is 5.15. The van der Waals surface area contributed by atoms with Gasteiger partial charge in [-0.1, -0.05) is 27.5 Å². The van der Waals surface area contributed by atoms with E-state index in [0.29, 0.717) is 16.4 Å². The molecular formula is C6H7BrClN3. The van der Waals surface area contributed by atoms with Crippen LogP contribution in [0.25, 0.3) is 0 Å². The lowest BCUT2D eigenvalue weighted by Gasteiger charge is -2.06. The molecule has 0 saturated carbocycles. The summed E-state index contributed by atoms with van der Waals surface area (Å²) in [5, 5.41) is 0.479. The Bertz CT molecular complexity index is 277. The first kappa shape index (κ1) is 8.64. The van der Waals surface area contributed by atoms with E-state index in [1.807, 2.05) is 0 Å². The van der Waals surface area contributed by atoms with Gasteiger partial charge in [-0.25, -0.2) is 0 Å². The van der Waals surface area contributed by atoms with Crippen LogP contribution < -0.4 is 17.0 Å². The van der Waals surface area contributed by atoms with E-state index in [0.717, 1.165) is 4.47 Å². The van der Waals surface area contributed by atoms with Gasteiger partial charge in [0.2, 0.25) is 0 Å². The zero-order chi connectivity index (χ0) is 8.43. The molecule has 0 aliphatic carbocycles. The first-order valence-corrected chi connectivity index (χ1v) is 4.03. The average molecular weight is 236 g/mol. The van der Waals surface area contributed by atoms with Gasteiger partial charge in [-0.05, 0) is 12.1 Å². The number of hydrogen-bond donors (Lipinski definition) is 3. The molecule has 5 N–H and O–H groups in total. The summed E-state index contributed by atoms with van der Waals surface area (Å²) in [7, 11) is 0. The topological polar surface area (TPSA) is 64.1 Å². The maximum Gasteiger partial charge on any atom is 0.0753 e. The molecule has 0 unspecified atom stereocenters. The van der Waals surface area contributed by atoms with Gasteiger partial charge >= 0.3 is 0 Å². The van der Waals surface area contributed by atoms with Crippen LogP contribution in [-0.2, 0) is 0 Å². The van der Waals surface area contributed by atoms with Gasteiger partial charge in [-0.15, -0.1) is 0 Å². The number of rotatable bonds is 1. The molecule has 3 nitrogen and oxygen atoms in total. The number of hydrogen-bond acceptors (Lipinski definition) is 3. The maximum absolute atomic E-state index is 5.75. The third kappa shape index (κ3) is 1.77. The van der Waals surface area contributed by atoms with Crippen molar-refractivity contribution in [2.75, 3.05) is 11.2 Å². The lowest BCUT2D eigenvalue weighted by Crippen LogP contribution is -2.09. The van der Waals surface area contributed by atoms with Crippen molar-refractivity contribution in [3.05, 3.63) is 21.6 Å². The predicted octanol–water partition coefficient (Wildman–Crippen LogP) is 1.97. The lowest BCUT2D eigenvalue weighted by atomic mass is 10.3. The maximum atomic E-state index is 5.75. The number of nitrogens with two attached hydrogens (primary N) is 2. The monoisotopic (exact) mass is 235 g/mol. The van der Waals surface area contributed by atoms with Crippen LogP contribution in [0.3, 0.4) is 0 Å². The van der Waals surface area contributed by atoms with Crippen LogP contribution >= 0.6 is 27.5 Å². The SMILES string of the molecule is NNc1cc(Br)cc(Cl)c1N. The summed E-state index contributed by atoms with van der Waals surface area (Å²) in [6, 6.07) is 3.46. The van der Waals surface area contributed by atoms with Gasteiger partial charge in [0, 0.05) is 4.47 Å². The summed E-state index contributed by atoms with van der Waals surface area (Å²) in [5.41, 5.74) is 9.08. The molecule has 0 fully saturated rings. The number of benzene rings is 1. The fourth-order valence-electron chi connectivity index (χ4n) is 0.704. The highest BCUT2D eigenvalue weighted by molar-refractivity contribution is 9.10. The standard InChI is InChI=1S/C6H7BrClN3/c7-3-1-4(8)6(9)5(2-3)11-10/h1-2,11H,9-10H2. The van der Waals surface area contributed by atoms with Crippen molar-refractivity contribution in [2.24, 2.45) is 5.84 Å². The number of nitrogen functional groups attached to an aromatic ring is 2. The van der Waals surface area contributed by atoms with Gasteiger partial charge < -0.3 is 11.2 Å². The lowest BCUT2D eigenvalue weighted by molar-refractivity contribution is 1.35. The molecule has 0 aliphatic heterocycles. The second kappa shape index (κ2) is 3.30. The highest BCUT2D eigenvalue weighted by Crippen LogP contribution is 2.30. The van der Waals surface area contributed by atoms with E-state index < -0.39 is 0 Å². The van der Waals surface area contributed by atoms with E-state index in [4.69, 9.17) is 23.2 Å². The molecule has 0 aromatic heterocycles. The molecular weight excluding hydrogens is 229 g/mol. The summed E-state index contributed by atoms with van der Waals surface area (Å²) in [5.74, 6) is 5.18. The van der Waals surface area contributed by atoms with Crippen molar-refractivity contribution >= 4 is 38.9 Å². The Balaban J connectivity index is 3.24. The highest BCUT2D eigenvalue weighted by Gasteiger charge is 2.02. The summed E-state index contributed by atoms with van der Waals surface area (Å²) >= 11 is 9.00. The van der Waals surface area contributed by atoms with Gasteiger partial charge in [0.05, 0.1) is 16.4 Å². The fraction of sp³-hybridized carbons (Fsp3) is 0. The number of hydrazine groups is 1. The quantitative estimate of drug-likeness (QED) is 0.397. The molecule has 0 saturated heterocycles. The summed E-state index contributed by atoms with van der Waals surface area (Å²) in [4.78, 5) is 0. The van der Waals surface area contributed by atoms with Gasteiger partial charge in [-0.3, -0.25) is 5.84 Å². The van der Waals surface area contributed by atoms with Crippen LogP contribution in [-0.4, -0.2) is 0 Å². The van der Waals surface area contributed by atoms with Gasteiger partial charge in [0.25, 0.3) is 0 Å². The second-order valence-corrected chi connectivity index (χ2v) is 3.32. The molecule has 0 bridgehead atoms. The molecule has 60 valence electrons. The Kier molecular flexibility index (Phi) is 2.59. The van der Waals surface area contributed by atoms with Crippen molar-refractivity contribution in [3.63, 3.8) is 0 Å². The predicted molar refractivity (Wildman–Crippen MR) is 51.4 cm³/mol. The average Bonchev–Trinajstić information content (AvgIpc) is 1.96. The smallest absolute Gasteiger partial charge is 0.0753 e. The third-order valence-electron chi connectivity index (χ3n) is 1.25. The van der Waals surface area contributed by atoms with Crippen molar-refractivity contribution < 1.29 is 0 Å². The third-order valence-corrected chi connectivity index (χ3v) is 2.02. The molecule has 1 aromatic carbocycles. The van der Waals surface area contributed by atoms with Crippen LogP contribution in [0.1, 0.15) is 0 Å². The van der Waals surface area contributed by atoms with Crippen LogP contribution in [0.5, 0.6) is 0 Å². The fourth-order valence-corrected chi connectivity index (χ4v) is 1.51. The molecule has 1 aromatic rings. The summed E-state index contributed by atoms with van der Waals surface area (Å²) in [6.45, 7) is 0. The zero-order valence-corrected chi connectivity index (χ0v) is 7.91. The van der Waals surface area contributed by atoms with E-state index >= 15 is 0 Å². The number of anilines is 2. The Morgan fingerprint density at radius 1 is 1.45 bits per heavy atom. The van der Waals surface area contributed by atoms with Gasteiger partial charge in [0.15, 0.2) is 0 Å². The minimum absolute atomic E-state index is 0.456. The molecule has 0 heterocycles. The van der Waals surface area contributed by atoms with Gasteiger partial charge in [-0.2, -0.15) is 0 Å². The van der Waals surface area contributed by atoms with E-state index in [9.17, 15) is 0 Å². The van der Waals surface area contributed by atoms with Crippen molar-refractivity contribution in [1.29, 1.82) is 0 Å². The molecule has 0 aliphatic rings. The molecule has 0 spiro atoms. The Morgan fingerprint density at radius 2 is 2.09 bits per heavy atom. The Morgan fingerprint density at radius 3 is 2.64 bits per heavy atom. The zero-order valence-electron chi connectivity index (χ0n) is 5.57. The molecule has 11 heavy (non-hydrogen) atoms. The molecule has 0 amide bonds. The summed E-state index contributed by atoms with van der Waals surface area (Å²) in [6.07, 6.45) is 0. The van der Waals surface area contributed by atoms with Crippen molar-refractivity contribution in [3.8, 4) is 0 Å². The first-order valence-electron chi connectivity index (χ1n) is 2.86. The molecule has 5 heteroatoms. The molecule has 1 rings (SSSR count). The normalized spacial score (nSPS) is 9.73. The number of halogens is 2. The van der Waals surface area contributed by atoms with E-state index in [-0.39, 0.29) is 0 Å². The van der Waals surface area contributed by atoms with E-state index in [2.05, 4.69) is 21.4 Å². The van der Waals surface area contributed by atoms with E-state index in [1.54, 1.807) is 12.1 Å². The Hall–Kier alpha value is -0.450. The Labute approximate surface area is 77.8 Å². The highest BCUT2D eigenvalue weighted by atomic mass is 79.9. The van der Waals surface area contributed by atoms with E-state index in [1.165, 1.54) is 0 Å². The second-order valence-electron chi connectivity index (χ2n) is 1.99. The minimum Gasteiger partial charge on any atom is -0.396 e. The van der Waals surface area contributed by atoms with Crippen LogP contribution in [0.2, 0.25) is 5.02 Å². The minimum atomic E-state index is 0.456. The van der Waals surface area contributed by atoms with Crippen LogP contribution in [0.4, 0.5) is 11.4 Å². The molecule has 0 atom stereocenters. The van der Waals surface area contributed by atoms with Gasteiger partial charge in [0.1, 0.15) is 0 Å². The van der Waals surface area contributed by atoms with Crippen molar-refractivity contribution in [1.82, 2.24) is 0 Å². The largest absolute Gasteiger partial charge is 0.396 e. The summed E-state index contributed by atoms with van der Waals surface area (Å²) < 4.78 is 0.838. The van der Waals surface area contributed by atoms with Crippen molar-refractivity contribution in [2.45, 2.75) is 0 Å². The molecule has 0 radical (unpaired) electrons. The van der Waals surface area contributed by atoms with Crippen LogP contribution in [0, 0.1) is 0 Å². The van der Waals surface area contributed by atoms with Crippen LogP contribution in [0.15, 0.2) is 16.6 Å². The number of nitrogens with one attached hydrogen (secondary N) is 1.